The molecule has 2 atom stereocenters. The predicted octanol–water partition coefficient (Wildman–Crippen LogP) is 1.66. The van der Waals surface area contributed by atoms with Gasteiger partial charge < -0.3 is 5.32 Å². The Labute approximate surface area is 158 Å². The molecule has 1 aromatic heterocycles. The molecular formula is C17H25N3O4S2. The molecular weight excluding hydrogens is 374 g/mol. The van der Waals surface area contributed by atoms with Gasteiger partial charge in [0, 0.05) is 17.5 Å². The van der Waals surface area contributed by atoms with Crippen LogP contribution in [-0.2, 0) is 21.2 Å². The van der Waals surface area contributed by atoms with Gasteiger partial charge in [-0.2, -0.15) is 0 Å². The maximum atomic E-state index is 12.6. The number of hydrogen-bond donors (Lipinski definition) is 1. The van der Waals surface area contributed by atoms with Crippen LogP contribution in [0.25, 0.3) is 0 Å². The van der Waals surface area contributed by atoms with Gasteiger partial charge in [-0.1, -0.05) is 19.9 Å². The Hall–Kier alpha value is -1.45. The molecule has 2 fully saturated rings. The van der Waals surface area contributed by atoms with Crippen LogP contribution in [0.2, 0.25) is 0 Å². The van der Waals surface area contributed by atoms with E-state index in [2.05, 4.69) is 5.32 Å². The third-order valence-electron chi connectivity index (χ3n) is 4.80. The van der Waals surface area contributed by atoms with Crippen LogP contribution in [-0.4, -0.2) is 60.4 Å². The van der Waals surface area contributed by atoms with Crippen molar-refractivity contribution >= 4 is 33.1 Å². The molecule has 0 radical (unpaired) electrons. The van der Waals surface area contributed by atoms with Crippen LogP contribution >= 0.6 is 11.3 Å². The molecule has 144 valence electrons. The number of hydrogen-bond acceptors (Lipinski definition) is 6. The average Bonchev–Trinajstić information content (AvgIpc) is 3.23. The largest absolute Gasteiger partial charge is 0.326 e. The van der Waals surface area contributed by atoms with E-state index in [4.69, 9.17) is 0 Å². The molecule has 7 nitrogen and oxygen atoms in total. The van der Waals surface area contributed by atoms with Crippen molar-refractivity contribution < 1.29 is 18.0 Å². The Morgan fingerprint density at radius 1 is 1.38 bits per heavy atom. The summed E-state index contributed by atoms with van der Waals surface area (Å²) in [7, 11) is -3.05. The van der Waals surface area contributed by atoms with Gasteiger partial charge in [-0.05, 0) is 30.2 Å². The van der Waals surface area contributed by atoms with E-state index in [1.54, 1.807) is 11.3 Å². The lowest BCUT2D eigenvalue weighted by atomic mass is 10.0. The van der Waals surface area contributed by atoms with Gasteiger partial charge in [0.25, 0.3) is 5.91 Å². The third kappa shape index (κ3) is 4.44. The van der Waals surface area contributed by atoms with Gasteiger partial charge in [0.15, 0.2) is 9.84 Å². The number of sulfone groups is 1. The number of amides is 3. The lowest BCUT2D eigenvalue weighted by Gasteiger charge is -2.30. The first kappa shape index (κ1) is 19.3. The smallest absolute Gasteiger partial charge is 0.325 e. The van der Waals surface area contributed by atoms with Gasteiger partial charge >= 0.3 is 6.03 Å². The van der Waals surface area contributed by atoms with Gasteiger partial charge in [0.2, 0.25) is 0 Å². The minimum Gasteiger partial charge on any atom is -0.326 e. The van der Waals surface area contributed by atoms with E-state index in [1.165, 1.54) is 4.90 Å². The SMILES string of the molecule is CC(C)C[C@H]1NC(=O)N(CN(Cc2cccs2)[C@H]2CCS(=O)(=O)C2)C1=O. The minimum absolute atomic E-state index is 0.0808. The van der Waals surface area contributed by atoms with E-state index >= 15 is 0 Å². The Balaban J connectivity index is 1.75. The van der Waals surface area contributed by atoms with Crippen molar-refractivity contribution in [1.82, 2.24) is 15.1 Å². The summed E-state index contributed by atoms with van der Waals surface area (Å²) in [5.74, 6) is 0.318. The maximum Gasteiger partial charge on any atom is 0.325 e. The molecule has 0 bridgehead atoms. The monoisotopic (exact) mass is 399 g/mol. The second kappa shape index (κ2) is 7.66. The van der Waals surface area contributed by atoms with Gasteiger partial charge in [0.1, 0.15) is 6.04 Å². The van der Waals surface area contributed by atoms with Crippen molar-refractivity contribution in [1.29, 1.82) is 0 Å². The first-order valence-electron chi connectivity index (χ1n) is 8.84. The van der Waals surface area contributed by atoms with E-state index in [0.717, 1.165) is 4.88 Å². The molecule has 0 aliphatic carbocycles. The molecule has 2 aliphatic heterocycles. The van der Waals surface area contributed by atoms with Crippen molar-refractivity contribution in [2.24, 2.45) is 5.92 Å². The molecule has 9 heteroatoms. The van der Waals surface area contributed by atoms with E-state index < -0.39 is 21.9 Å². The van der Waals surface area contributed by atoms with Crippen LogP contribution in [0.3, 0.4) is 0 Å². The van der Waals surface area contributed by atoms with Crippen molar-refractivity contribution in [3.8, 4) is 0 Å². The number of carbonyl (C=O) groups excluding carboxylic acids is 2. The molecule has 3 heterocycles. The molecule has 1 N–H and O–H groups in total. The van der Waals surface area contributed by atoms with Gasteiger partial charge in [-0.15, -0.1) is 11.3 Å². The number of imide groups is 1. The summed E-state index contributed by atoms with van der Waals surface area (Å²) in [6.07, 6.45) is 1.14. The van der Waals surface area contributed by atoms with E-state index in [0.29, 0.717) is 25.3 Å². The molecule has 1 aromatic rings. The molecule has 26 heavy (non-hydrogen) atoms. The van der Waals surface area contributed by atoms with E-state index in [1.807, 2.05) is 36.3 Å². The summed E-state index contributed by atoms with van der Waals surface area (Å²) in [5.41, 5.74) is 0. The number of urea groups is 1. The van der Waals surface area contributed by atoms with Crippen LogP contribution in [0.5, 0.6) is 0 Å². The molecule has 3 amide bonds. The lowest BCUT2D eigenvalue weighted by Crippen LogP contribution is -2.46. The van der Waals surface area contributed by atoms with Gasteiger partial charge in [-0.3, -0.25) is 9.69 Å². The number of nitrogens with zero attached hydrogens (tertiary/aromatic N) is 2. The highest BCUT2D eigenvalue weighted by molar-refractivity contribution is 7.91. The Kier molecular flexibility index (Phi) is 5.69. The normalized spacial score (nSPS) is 25.5. The lowest BCUT2D eigenvalue weighted by molar-refractivity contribution is -0.129. The number of rotatable bonds is 7. The van der Waals surface area contributed by atoms with Crippen LogP contribution in [0.4, 0.5) is 4.79 Å². The number of carbonyl (C=O) groups is 2. The maximum absolute atomic E-state index is 12.6. The average molecular weight is 400 g/mol. The van der Waals surface area contributed by atoms with Gasteiger partial charge in [0.05, 0.1) is 18.2 Å². The Morgan fingerprint density at radius 2 is 2.15 bits per heavy atom. The second-order valence-corrected chi connectivity index (χ2v) is 10.7. The predicted molar refractivity (Wildman–Crippen MR) is 100 cm³/mol. The summed E-state index contributed by atoms with van der Waals surface area (Å²) in [6.45, 7) is 4.67. The highest BCUT2D eigenvalue weighted by Gasteiger charge is 2.41. The first-order valence-corrected chi connectivity index (χ1v) is 11.5. The van der Waals surface area contributed by atoms with Crippen LogP contribution in [0.1, 0.15) is 31.6 Å². The van der Waals surface area contributed by atoms with Crippen LogP contribution in [0, 0.1) is 5.92 Å². The van der Waals surface area contributed by atoms with Crippen LogP contribution in [0.15, 0.2) is 17.5 Å². The van der Waals surface area contributed by atoms with Crippen molar-refractivity contribution in [2.45, 2.75) is 45.3 Å². The highest BCUT2D eigenvalue weighted by atomic mass is 32.2. The fraction of sp³-hybridized carbons (Fsp3) is 0.647. The first-order chi connectivity index (χ1) is 12.2. The summed E-state index contributed by atoms with van der Waals surface area (Å²) < 4.78 is 23.8. The fourth-order valence-electron chi connectivity index (χ4n) is 3.48. The number of nitrogens with one attached hydrogen (secondary N) is 1. The van der Waals surface area contributed by atoms with E-state index in [-0.39, 0.29) is 30.1 Å². The zero-order chi connectivity index (χ0) is 18.9. The third-order valence-corrected chi connectivity index (χ3v) is 7.41. The topological polar surface area (TPSA) is 86.8 Å². The standard InChI is InChI=1S/C17H25N3O4S2/c1-12(2)8-15-16(21)20(17(22)18-15)11-19(9-14-4-3-6-25-14)13-5-7-26(23,24)10-13/h3-4,6,12-13,15H,5,7-11H2,1-2H3,(H,18,22)/t13-,15+/m0/s1. The zero-order valence-electron chi connectivity index (χ0n) is 15.1. The molecule has 0 saturated carbocycles. The molecule has 0 unspecified atom stereocenters. The summed E-state index contributed by atoms with van der Waals surface area (Å²) >= 11 is 1.58. The number of thiophene rings is 1. The molecule has 3 rings (SSSR count). The molecule has 2 aliphatic rings. The summed E-state index contributed by atoms with van der Waals surface area (Å²) in [6, 6.07) is 2.87. The van der Waals surface area contributed by atoms with Crippen molar-refractivity contribution in [2.75, 3.05) is 18.2 Å². The highest BCUT2D eigenvalue weighted by Crippen LogP contribution is 2.23. The Bertz CT molecular complexity index is 761. The molecule has 0 aromatic carbocycles. The van der Waals surface area contributed by atoms with E-state index in [9.17, 15) is 18.0 Å². The second-order valence-electron chi connectivity index (χ2n) is 7.42. The zero-order valence-corrected chi connectivity index (χ0v) is 16.7. The molecule has 2 saturated heterocycles. The summed E-state index contributed by atoms with van der Waals surface area (Å²) in [5, 5.41) is 4.71. The fourth-order valence-corrected chi connectivity index (χ4v) is 5.98. The quantitative estimate of drug-likeness (QED) is 0.705. The van der Waals surface area contributed by atoms with Crippen LogP contribution < -0.4 is 5.32 Å². The molecule has 0 spiro atoms. The van der Waals surface area contributed by atoms with Crippen molar-refractivity contribution in [3.05, 3.63) is 22.4 Å². The Morgan fingerprint density at radius 3 is 2.73 bits per heavy atom. The van der Waals surface area contributed by atoms with Crippen molar-refractivity contribution in [3.63, 3.8) is 0 Å². The summed E-state index contributed by atoms with van der Waals surface area (Å²) in [4.78, 5) is 29.2. The minimum atomic E-state index is -3.05. The van der Waals surface area contributed by atoms with Gasteiger partial charge in [-0.25, -0.2) is 18.1 Å².